The first-order chi connectivity index (χ1) is 17.7. The van der Waals surface area contributed by atoms with Crippen molar-refractivity contribution in [1.29, 1.82) is 0 Å². The highest BCUT2D eigenvalue weighted by Gasteiger charge is 2.45. The minimum Gasteiger partial charge on any atom is -0.434 e. The fourth-order valence-corrected chi connectivity index (χ4v) is 4.88. The van der Waals surface area contributed by atoms with Gasteiger partial charge in [-0.15, -0.1) is 0 Å². The van der Waals surface area contributed by atoms with Crippen LogP contribution in [0.3, 0.4) is 0 Å². The van der Waals surface area contributed by atoms with Crippen molar-refractivity contribution < 1.29 is 27.2 Å². The van der Waals surface area contributed by atoms with E-state index < -0.39 is 31.6 Å². The topological polar surface area (TPSA) is 68.6 Å². The Morgan fingerprint density at radius 1 is 1.32 bits per heavy atom. The van der Waals surface area contributed by atoms with Crippen LogP contribution in [0.4, 0.5) is 8.78 Å². The largest absolute Gasteiger partial charge is 0.434 e. The van der Waals surface area contributed by atoms with Gasteiger partial charge in [0.1, 0.15) is 11.6 Å². The van der Waals surface area contributed by atoms with Crippen LogP contribution in [-0.4, -0.2) is 59.7 Å². The third kappa shape index (κ3) is 3.33. The van der Waals surface area contributed by atoms with Gasteiger partial charge in [-0.2, -0.15) is 8.78 Å². The number of hydrogen-bond donors (Lipinski definition) is 1. The molecule has 1 saturated heterocycles. The average molecular weight is 467 g/mol. The number of hydrogen-bond acceptors (Lipinski definition) is 5. The lowest BCUT2D eigenvalue weighted by Crippen LogP contribution is -2.45. The number of rotatable bonds is 4. The fraction of sp³-hybridized carbons (Fsp3) is 0.360. The highest BCUT2D eigenvalue weighted by atomic mass is 19.3. The molecule has 174 valence electrons. The SMILES string of the molecule is [2H]C([2H])([2H])N1C(=O)c2cccc(OC(F)F)c2[C@H]2C[C@@H]1c1nc3ccc(C#CCNC4COC4)cc3n12. The molecule has 1 amide bonds. The number of carbonyl (C=O) groups is 1. The first kappa shape index (κ1) is 17.9. The predicted molar refractivity (Wildman–Crippen MR) is 120 cm³/mol. The van der Waals surface area contributed by atoms with E-state index in [1.54, 1.807) is 6.07 Å². The molecule has 0 spiro atoms. The molecule has 2 atom stereocenters. The van der Waals surface area contributed by atoms with Crippen LogP contribution in [0, 0.1) is 11.8 Å². The third-order valence-electron chi connectivity index (χ3n) is 6.50. The number of benzene rings is 2. The van der Waals surface area contributed by atoms with Crippen LogP contribution >= 0.6 is 0 Å². The molecule has 3 aliphatic heterocycles. The Bertz CT molecular complexity index is 1460. The van der Waals surface area contributed by atoms with E-state index in [1.807, 2.05) is 16.7 Å². The van der Waals surface area contributed by atoms with Crippen molar-refractivity contribution in [3.8, 4) is 17.6 Å². The van der Waals surface area contributed by atoms with Crippen LogP contribution in [-0.2, 0) is 4.74 Å². The fourth-order valence-electron chi connectivity index (χ4n) is 4.88. The molecule has 7 nitrogen and oxygen atoms in total. The molecule has 1 N–H and O–H groups in total. The number of alkyl halides is 2. The first-order valence-corrected chi connectivity index (χ1v) is 11.0. The smallest absolute Gasteiger partial charge is 0.387 e. The van der Waals surface area contributed by atoms with Gasteiger partial charge in [0, 0.05) is 34.2 Å². The molecule has 0 radical (unpaired) electrons. The van der Waals surface area contributed by atoms with Crippen molar-refractivity contribution in [3.05, 3.63) is 58.9 Å². The van der Waals surface area contributed by atoms with Gasteiger partial charge < -0.3 is 18.9 Å². The zero-order chi connectivity index (χ0) is 25.9. The summed E-state index contributed by atoms with van der Waals surface area (Å²) in [5, 5.41) is 3.27. The van der Waals surface area contributed by atoms with Crippen LogP contribution in [0.25, 0.3) is 11.0 Å². The summed E-state index contributed by atoms with van der Waals surface area (Å²) < 4.78 is 62.6. The molecule has 34 heavy (non-hydrogen) atoms. The van der Waals surface area contributed by atoms with Crippen LogP contribution in [0.5, 0.6) is 5.75 Å². The van der Waals surface area contributed by atoms with Crippen molar-refractivity contribution in [2.24, 2.45) is 0 Å². The summed E-state index contributed by atoms with van der Waals surface area (Å²) in [4.78, 5) is 19.0. The summed E-state index contributed by atoms with van der Waals surface area (Å²) in [5.74, 6) is 5.66. The second-order valence-corrected chi connectivity index (χ2v) is 8.50. The molecule has 0 saturated carbocycles. The second-order valence-electron chi connectivity index (χ2n) is 8.50. The van der Waals surface area contributed by atoms with Crippen molar-refractivity contribution in [2.45, 2.75) is 31.2 Å². The lowest BCUT2D eigenvalue weighted by Gasteiger charge is -2.25. The van der Waals surface area contributed by atoms with Crippen molar-refractivity contribution in [3.63, 3.8) is 0 Å². The molecule has 3 aromatic rings. The minimum absolute atomic E-state index is 0.0243. The number of nitrogens with zero attached hydrogens (tertiary/aromatic N) is 3. The van der Waals surface area contributed by atoms with Crippen LogP contribution in [0.15, 0.2) is 36.4 Å². The predicted octanol–water partition coefficient (Wildman–Crippen LogP) is 3.10. The Morgan fingerprint density at radius 2 is 2.21 bits per heavy atom. The standard InChI is InChI=1S/C25H22F2N4O3/c1-30-20-11-19(22-16(24(30)32)5-2-6-21(22)34-25(26)27)31-18-10-14(7-8-17(18)29-23(20)31)4-3-9-28-15-12-33-13-15/h2,5-8,10,15,19-20,25,28H,9,11-13H2,1H3/t19-,20-/m1/s1/i1D3. The van der Waals surface area contributed by atoms with Gasteiger partial charge in [0.05, 0.1) is 48.9 Å². The van der Waals surface area contributed by atoms with E-state index in [4.69, 9.17) is 13.6 Å². The zero-order valence-electron chi connectivity index (χ0n) is 20.9. The molecule has 1 aromatic heterocycles. The van der Waals surface area contributed by atoms with E-state index in [0.29, 0.717) is 42.7 Å². The number of ether oxygens (including phenoxy) is 2. The Labute approximate surface area is 198 Å². The lowest BCUT2D eigenvalue weighted by atomic mass is 9.97. The molecule has 0 unspecified atom stereocenters. The maximum atomic E-state index is 13.5. The summed E-state index contributed by atoms with van der Waals surface area (Å²) in [7, 11) is 0. The van der Waals surface area contributed by atoms with E-state index in [0.717, 1.165) is 10.5 Å². The van der Waals surface area contributed by atoms with Gasteiger partial charge >= 0.3 is 6.61 Å². The Kier molecular flexibility index (Phi) is 4.26. The normalized spacial score (nSPS) is 22.7. The summed E-state index contributed by atoms with van der Waals surface area (Å²) in [6.07, 6.45) is 0.169. The van der Waals surface area contributed by atoms with E-state index in [1.165, 1.54) is 18.2 Å². The van der Waals surface area contributed by atoms with Crippen LogP contribution in [0.1, 0.15) is 49.9 Å². The van der Waals surface area contributed by atoms with Gasteiger partial charge in [-0.3, -0.25) is 10.1 Å². The molecule has 1 fully saturated rings. The van der Waals surface area contributed by atoms with Gasteiger partial charge in [0.25, 0.3) is 5.91 Å². The molecule has 3 aliphatic rings. The third-order valence-corrected chi connectivity index (χ3v) is 6.50. The minimum atomic E-state index is -3.11. The zero-order valence-corrected chi connectivity index (χ0v) is 17.9. The van der Waals surface area contributed by atoms with Gasteiger partial charge in [0.2, 0.25) is 0 Å². The highest BCUT2D eigenvalue weighted by Crippen LogP contribution is 2.49. The molecule has 2 bridgehead atoms. The van der Waals surface area contributed by atoms with E-state index in [9.17, 15) is 13.6 Å². The average Bonchev–Trinajstić information content (AvgIpc) is 3.29. The van der Waals surface area contributed by atoms with Crippen molar-refractivity contribution in [2.75, 3.05) is 26.7 Å². The molecule has 2 aromatic carbocycles. The maximum absolute atomic E-state index is 13.5. The van der Waals surface area contributed by atoms with Gasteiger partial charge in [-0.25, -0.2) is 4.98 Å². The van der Waals surface area contributed by atoms with E-state index >= 15 is 0 Å². The number of aromatic nitrogens is 2. The summed E-state index contributed by atoms with van der Waals surface area (Å²) >= 11 is 0. The second kappa shape index (κ2) is 8.08. The number of carbonyl (C=O) groups excluding carboxylic acids is 1. The molecular weight excluding hydrogens is 442 g/mol. The molecular formula is C25H22F2N4O3. The van der Waals surface area contributed by atoms with Crippen LogP contribution < -0.4 is 10.1 Å². The highest BCUT2D eigenvalue weighted by molar-refractivity contribution is 5.97. The molecule has 4 heterocycles. The molecule has 6 rings (SSSR count). The van der Waals surface area contributed by atoms with E-state index in [2.05, 4.69) is 22.1 Å². The number of halogens is 2. The van der Waals surface area contributed by atoms with Gasteiger partial charge in [0.15, 0.2) is 0 Å². The van der Waals surface area contributed by atoms with Gasteiger partial charge in [-0.1, -0.05) is 17.9 Å². The molecule has 0 aliphatic carbocycles. The number of nitrogens with one attached hydrogen (secondary N) is 1. The van der Waals surface area contributed by atoms with Gasteiger partial charge in [-0.05, 0) is 30.3 Å². The number of imidazole rings is 1. The van der Waals surface area contributed by atoms with E-state index in [-0.39, 0.29) is 23.3 Å². The quantitative estimate of drug-likeness (QED) is 0.598. The van der Waals surface area contributed by atoms with Crippen molar-refractivity contribution in [1.82, 2.24) is 19.8 Å². The van der Waals surface area contributed by atoms with Crippen molar-refractivity contribution >= 4 is 16.9 Å². The monoisotopic (exact) mass is 467 g/mol. The lowest BCUT2D eigenvalue weighted by molar-refractivity contribution is -0.0507. The number of amides is 1. The Balaban J connectivity index is 1.48. The summed E-state index contributed by atoms with van der Waals surface area (Å²) in [6.45, 7) is -4.03. The number of fused-ring (bicyclic) bond motifs is 9. The first-order valence-electron chi connectivity index (χ1n) is 12.5. The molecule has 9 heteroatoms. The maximum Gasteiger partial charge on any atom is 0.387 e. The van der Waals surface area contributed by atoms with Crippen LogP contribution in [0.2, 0.25) is 0 Å². The Hall–Kier alpha value is -3.48. The summed E-state index contributed by atoms with van der Waals surface area (Å²) in [5.41, 5.74) is 2.24. The summed E-state index contributed by atoms with van der Waals surface area (Å²) in [6, 6.07) is 8.50. The Morgan fingerprint density at radius 3 is 2.97 bits per heavy atom.